The summed E-state index contributed by atoms with van der Waals surface area (Å²) in [7, 11) is 2.09. The van der Waals surface area contributed by atoms with Gasteiger partial charge in [-0.2, -0.15) is 0 Å². The number of anilines is 1. The number of carbonyl (C=O) groups excluding carboxylic acids is 2. The Morgan fingerprint density at radius 2 is 1.57 bits per heavy atom. The molecule has 0 N–H and O–H groups in total. The van der Waals surface area contributed by atoms with Gasteiger partial charge in [0.15, 0.2) is 0 Å². The number of nitrogens with zero attached hydrogens (tertiary/aromatic N) is 3. The lowest BCUT2D eigenvalue weighted by atomic mass is 9.90. The Balaban J connectivity index is 1.34. The van der Waals surface area contributed by atoms with Crippen molar-refractivity contribution in [2.24, 2.45) is 0 Å². The van der Waals surface area contributed by atoms with Crippen molar-refractivity contribution in [2.45, 2.75) is 31.6 Å². The molecular weight excluding hydrogens is 482 g/mol. The van der Waals surface area contributed by atoms with Crippen molar-refractivity contribution in [1.82, 2.24) is 9.80 Å². The summed E-state index contributed by atoms with van der Waals surface area (Å²) in [5.74, 6) is 0.227. The second kappa shape index (κ2) is 11.5. The van der Waals surface area contributed by atoms with Crippen molar-refractivity contribution in [3.05, 3.63) is 100 Å². The average Bonchev–Trinajstić information content (AvgIpc) is 3.09. The molecule has 1 fully saturated rings. The third-order valence-corrected chi connectivity index (χ3v) is 7.86. The minimum Gasteiger partial charge on any atom is -0.340 e. The van der Waals surface area contributed by atoms with E-state index in [0.29, 0.717) is 23.6 Å². The number of fused-ring (bicyclic) bond motifs is 1. The number of amides is 2. The van der Waals surface area contributed by atoms with E-state index in [1.807, 2.05) is 70.5 Å². The molecule has 2 aliphatic heterocycles. The topological polar surface area (TPSA) is 43.9 Å². The summed E-state index contributed by atoms with van der Waals surface area (Å²) in [6.45, 7) is 3.99. The third kappa shape index (κ3) is 6.06. The summed E-state index contributed by atoms with van der Waals surface area (Å²) in [4.78, 5) is 33.0. The van der Waals surface area contributed by atoms with Gasteiger partial charge >= 0.3 is 0 Å². The molecule has 37 heavy (non-hydrogen) atoms. The Hall–Kier alpha value is -3.15. The van der Waals surface area contributed by atoms with E-state index in [4.69, 9.17) is 11.6 Å². The summed E-state index contributed by atoms with van der Waals surface area (Å²) >= 11 is 6.42. The molecule has 2 amide bonds. The highest BCUT2D eigenvalue weighted by molar-refractivity contribution is 6.30. The van der Waals surface area contributed by atoms with Crippen molar-refractivity contribution in [3.8, 4) is 0 Å². The molecule has 3 aromatic carbocycles. The Bertz CT molecular complexity index is 1240. The summed E-state index contributed by atoms with van der Waals surface area (Å²) in [5.41, 5.74) is 4.97. The van der Waals surface area contributed by atoms with Crippen molar-refractivity contribution in [1.29, 1.82) is 0 Å². The van der Waals surface area contributed by atoms with E-state index in [1.54, 1.807) is 0 Å². The van der Waals surface area contributed by atoms with Crippen LogP contribution in [-0.4, -0.2) is 61.4 Å². The van der Waals surface area contributed by atoms with Gasteiger partial charge in [0, 0.05) is 55.4 Å². The number of hydrogen-bond donors (Lipinski definition) is 0. The minimum atomic E-state index is -0.0131. The molecule has 1 unspecified atom stereocenters. The van der Waals surface area contributed by atoms with Crippen LogP contribution in [0, 0.1) is 0 Å². The maximum absolute atomic E-state index is 13.7. The summed E-state index contributed by atoms with van der Waals surface area (Å²) < 4.78 is 0. The van der Waals surface area contributed by atoms with Gasteiger partial charge in [-0.1, -0.05) is 54.1 Å². The van der Waals surface area contributed by atoms with Crippen LogP contribution in [-0.2, 0) is 11.2 Å². The first-order chi connectivity index (χ1) is 18.0. The van der Waals surface area contributed by atoms with Gasteiger partial charge in [0.2, 0.25) is 5.91 Å². The van der Waals surface area contributed by atoms with E-state index in [9.17, 15) is 9.59 Å². The van der Waals surface area contributed by atoms with Crippen LogP contribution in [0.4, 0.5) is 5.69 Å². The van der Waals surface area contributed by atoms with E-state index in [-0.39, 0.29) is 17.7 Å². The second-order valence-electron chi connectivity index (χ2n) is 10.2. The van der Waals surface area contributed by atoms with Crippen molar-refractivity contribution < 1.29 is 9.59 Å². The highest BCUT2D eigenvalue weighted by atomic mass is 35.5. The van der Waals surface area contributed by atoms with Crippen LogP contribution in [0.5, 0.6) is 0 Å². The standard InChI is InChI=1S/C31H34ClN3O2/c1-33-16-18-34(19-17-33)30(36)21-26-8-5-15-35(29-14-13-27(32)22-28(26)29)31(37)25-11-9-24(10-12-25)20-23-6-3-2-4-7-23/h2-4,6-7,9-14,22,26H,5,8,15-21H2,1H3. The fraction of sp³-hybridized carbons (Fsp3) is 0.355. The number of hydrogen-bond acceptors (Lipinski definition) is 3. The zero-order chi connectivity index (χ0) is 25.8. The molecule has 2 heterocycles. The van der Waals surface area contributed by atoms with Crippen LogP contribution >= 0.6 is 11.6 Å². The maximum atomic E-state index is 13.7. The van der Waals surface area contributed by atoms with E-state index < -0.39 is 0 Å². The van der Waals surface area contributed by atoms with Crippen LogP contribution in [0.2, 0.25) is 5.02 Å². The summed E-state index contributed by atoms with van der Waals surface area (Å²) in [6, 6.07) is 24.0. The zero-order valence-corrected chi connectivity index (χ0v) is 22.2. The quantitative estimate of drug-likeness (QED) is 0.443. The Labute approximate surface area is 224 Å². The van der Waals surface area contributed by atoms with Crippen LogP contribution in [0.1, 0.15) is 52.2 Å². The molecule has 192 valence electrons. The number of benzene rings is 3. The fourth-order valence-corrected chi connectivity index (χ4v) is 5.62. The van der Waals surface area contributed by atoms with Gasteiger partial charge in [0.25, 0.3) is 5.91 Å². The van der Waals surface area contributed by atoms with Crippen molar-refractivity contribution >= 4 is 29.1 Å². The minimum absolute atomic E-state index is 0.0131. The average molecular weight is 516 g/mol. The Morgan fingerprint density at radius 1 is 0.865 bits per heavy atom. The molecule has 0 radical (unpaired) electrons. The molecule has 5 nitrogen and oxygen atoms in total. The molecule has 3 aromatic rings. The molecule has 2 aliphatic rings. The maximum Gasteiger partial charge on any atom is 0.258 e. The first-order valence-electron chi connectivity index (χ1n) is 13.2. The smallest absolute Gasteiger partial charge is 0.258 e. The van der Waals surface area contributed by atoms with Gasteiger partial charge in [-0.15, -0.1) is 0 Å². The Kier molecular flexibility index (Phi) is 7.92. The van der Waals surface area contributed by atoms with Gasteiger partial charge in [0.05, 0.1) is 0 Å². The highest BCUT2D eigenvalue weighted by Gasteiger charge is 2.30. The van der Waals surface area contributed by atoms with Crippen LogP contribution < -0.4 is 4.90 Å². The van der Waals surface area contributed by atoms with Gasteiger partial charge in [0.1, 0.15) is 0 Å². The number of piperazine rings is 1. The van der Waals surface area contributed by atoms with Gasteiger partial charge in [-0.3, -0.25) is 9.59 Å². The van der Waals surface area contributed by atoms with E-state index >= 15 is 0 Å². The fourth-order valence-electron chi connectivity index (χ4n) is 5.44. The highest BCUT2D eigenvalue weighted by Crippen LogP contribution is 2.39. The van der Waals surface area contributed by atoms with Crippen molar-refractivity contribution in [2.75, 3.05) is 44.7 Å². The number of likely N-dealkylation sites (N-methyl/N-ethyl adjacent to an activating group) is 1. The number of carbonyl (C=O) groups is 2. The SMILES string of the molecule is CN1CCN(C(=O)CC2CCCN(C(=O)c3ccc(Cc4ccccc4)cc3)c3ccc(Cl)cc32)CC1. The van der Waals surface area contributed by atoms with Gasteiger partial charge in [-0.05, 0) is 79.3 Å². The first-order valence-corrected chi connectivity index (χ1v) is 13.6. The van der Waals surface area contributed by atoms with E-state index in [1.165, 1.54) is 11.1 Å². The van der Waals surface area contributed by atoms with Gasteiger partial charge in [-0.25, -0.2) is 0 Å². The van der Waals surface area contributed by atoms with Gasteiger partial charge < -0.3 is 14.7 Å². The first kappa shape index (κ1) is 25.5. The van der Waals surface area contributed by atoms with Crippen LogP contribution in [0.3, 0.4) is 0 Å². The van der Waals surface area contributed by atoms with E-state index in [2.05, 4.69) is 24.1 Å². The number of halogens is 1. The molecule has 6 heteroatoms. The zero-order valence-electron chi connectivity index (χ0n) is 21.4. The normalized spacial score (nSPS) is 18.3. The predicted octanol–water partition coefficient (Wildman–Crippen LogP) is 5.62. The molecule has 1 atom stereocenters. The van der Waals surface area contributed by atoms with Crippen LogP contribution in [0.15, 0.2) is 72.8 Å². The lowest BCUT2D eigenvalue weighted by molar-refractivity contribution is -0.133. The molecule has 0 aliphatic carbocycles. The summed E-state index contributed by atoms with van der Waals surface area (Å²) in [6.07, 6.45) is 2.98. The predicted molar refractivity (Wildman–Crippen MR) is 149 cm³/mol. The molecule has 0 saturated carbocycles. The number of rotatable bonds is 5. The molecule has 1 saturated heterocycles. The second-order valence-corrected chi connectivity index (χ2v) is 10.7. The molecule has 0 aromatic heterocycles. The Morgan fingerprint density at radius 3 is 2.30 bits per heavy atom. The van der Waals surface area contributed by atoms with Crippen molar-refractivity contribution in [3.63, 3.8) is 0 Å². The lowest BCUT2D eigenvalue weighted by Crippen LogP contribution is -2.47. The lowest BCUT2D eigenvalue weighted by Gasteiger charge is -2.33. The van der Waals surface area contributed by atoms with Crippen LogP contribution in [0.25, 0.3) is 0 Å². The molecule has 0 bridgehead atoms. The largest absolute Gasteiger partial charge is 0.340 e. The monoisotopic (exact) mass is 515 g/mol. The van der Waals surface area contributed by atoms with E-state index in [0.717, 1.165) is 56.7 Å². The molecular formula is C31H34ClN3O2. The summed E-state index contributed by atoms with van der Waals surface area (Å²) in [5, 5.41) is 0.635. The molecule has 5 rings (SSSR count). The molecule has 0 spiro atoms. The third-order valence-electron chi connectivity index (χ3n) is 7.63.